The number of nitrogens with one attached hydrogen (secondary N) is 1. The molecule has 0 spiro atoms. The highest BCUT2D eigenvalue weighted by Gasteiger charge is 2.31. The van der Waals surface area contributed by atoms with Gasteiger partial charge in [0.15, 0.2) is 0 Å². The second-order valence-corrected chi connectivity index (χ2v) is 8.46. The van der Waals surface area contributed by atoms with E-state index in [0.29, 0.717) is 16.5 Å². The molecule has 1 aliphatic heterocycles. The van der Waals surface area contributed by atoms with Crippen LogP contribution in [0.5, 0.6) is 0 Å². The molecule has 6 heteroatoms. The minimum Gasteiger partial charge on any atom is -0.335 e. The third-order valence-electron chi connectivity index (χ3n) is 3.91. The summed E-state index contributed by atoms with van der Waals surface area (Å²) in [6.45, 7) is 7.86. The molecule has 0 radical (unpaired) electrons. The van der Waals surface area contributed by atoms with E-state index in [0.717, 1.165) is 30.5 Å². The van der Waals surface area contributed by atoms with Crippen molar-refractivity contribution in [2.75, 3.05) is 5.75 Å². The first kappa shape index (κ1) is 16.2. The van der Waals surface area contributed by atoms with Crippen LogP contribution in [0.4, 0.5) is 0 Å². The molecule has 0 aromatic carbocycles. The van der Waals surface area contributed by atoms with Crippen molar-refractivity contribution in [2.45, 2.75) is 61.9 Å². The molecule has 1 aromatic heterocycles. The summed E-state index contributed by atoms with van der Waals surface area (Å²) in [6.07, 6.45) is 6.00. The summed E-state index contributed by atoms with van der Waals surface area (Å²) in [5.41, 5.74) is 3.03. The van der Waals surface area contributed by atoms with Crippen molar-refractivity contribution in [1.82, 2.24) is 15.0 Å². The fourth-order valence-corrected chi connectivity index (χ4v) is 5.60. The number of hydrogen-bond acceptors (Lipinski definition) is 5. The Hall–Kier alpha value is -0.170. The Morgan fingerprint density at radius 3 is 2.95 bits per heavy atom. The van der Waals surface area contributed by atoms with E-state index >= 15 is 0 Å². The van der Waals surface area contributed by atoms with Gasteiger partial charge in [0.05, 0.1) is 0 Å². The second-order valence-electron chi connectivity index (χ2n) is 5.43. The van der Waals surface area contributed by atoms with Crippen LogP contribution >= 0.6 is 23.5 Å². The van der Waals surface area contributed by atoms with Gasteiger partial charge in [-0.25, -0.2) is 4.98 Å². The summed E-state index contributed by atoms with van der Waals surface area (Å²) in [5.74, 6) is 8.13. The van der Waals surface area contributed by atoms with E-state index in [1.54, 1.807) is 0 Å². The molecule has 0 aliphatic carbocycles. The van der Waals surface area contributed by atoms with Gasteiger partial charge in [-0.2, -0.15) is 23.5 Å². The summed E-state index contributed by atoms with van der Waals surface area (Å²) in [7, 11) is 0. The van der Waals surface area contributed by atoms with Crippen molar-refractivity contribution in [3.63, 3.8) is 0 Å². The lowest BCUT2D eigenvalue weighted by atomic mass is 10.1. The number of aromatic nitrogens is 2. The predicted octanol–water partition coefficient (Wildman–Crippen LogP) is 2.29. The van der Waals surface area contributed by atoms with Gasteiger partial charge in [0.2, 0.25) is 0 Å². The molecule has 1 saturated heterocycles. The average molecular weight is 315 g/mol. The maximum atomic E-state index is 5.81. The molecule has 2 rings (SSSR count). The molecule has 114 valence electrons. The Balaban J connectivity index is 1.99. The fourth-order valence-electron chi connectivity index (χ4n) is 2.49. The lowest BCUT2D eigenvalue weighted by Crippen LogP contribution is -2.48. The van der Waals surface area contributed by atoms with Crippen LogP contribution in [0.15, 0.2) is 12.4 Å². The Bertz CT molecular complexity index is 410. The van der Waals surface area contributed by atoms with Gasteiger partial charge >= 0.3 is 0 Å². The molecule has 4 atom stereocenters. The number of hydrazine groups is 1. The summed E-state index contributed by atoms with van der Waals surface area (Å²) in [4.78, 5) is 4.50. The Morgan fingerprint density at radius 1 is 1.50 bits per heavy atom. The number of imidazole rings is 1. The van der Waals surface area contributed by atoms with Crippen LogP contribution in [0.1, 0.15) is 33.0 Å². The van der Waals surface area contributed by atoms with Crippen molar-refractivity contribution < 1.29 is 0 Å². The van der Waals surface area contributed by atoms with E-state index in [4.69, 9.17) is 5.84 Å². The van der Waals surface area contributed by atoms with E-state index in [-0.39, 0.29) is 0 Å². The highest BCUT2D eigenvalue weighted by Crippen LogP contribution is 2.37. The lowest BCUT2D eigenvalue weighted by Gasteiger charge is -2.35. The third kappa shape index (κ3) is 3.93. The fraction of sp³-hybridized carbons (Fsp3) is 0.786. The minimum atomic E-state index is 0.292. The summed E-state index contributed by atoms with van der Waals surface area (Å²) in [5, 5.41) is 1.98. The van der Waals surface area contributed by atoms with Crippen LogP contribution in [0.3, 0.4) is 0 Å². The van der Waals surface area contributed by atoms with E-state index in [1.165, 1.54) is 5.75 Å². The smallest absolute Gasteiger partial charge is 0.110 e. The first-order valence-electron chi connectivity index (χ1n) is 7.38. The van der Waals surface area contributed by atoms with E-state index in [2.05, 4.69) is 65.5 Å². The molecular formula is C14H26N4S2. The van der Waals surface area contributed by atoms with E-state index in [1.807, 2.05) is 6.20 Å². The van der Waals surface area contributed by atoms with Crippen LogP contribution in [0.2, 0.25) is 0 Å². The highest BCUT2D eigenvalue weighted by atomic mass is 32.2. The monoisotopic (exact) mass is 314 g/mol. The second kappa shape index (κ2) is 7.73. The van der Waals surface area contributed by atoms with Crippen LogP contribution < -0.4 is 11.3 Å². The zero-order valence-corrected chi connectivity index (χ0v) is 14.2. The predicted molar refractivity (Wildman–Crippen MR) is 90.1 cm³/mol. The molecule has 2 heterocycles. The number of nitrogens with two attached hydrogens (primary N) is 1. The van der Waals surface area contributed by atoms with Crippen molar-refractivity contribution in [3.8, 4) is 0 Å². The molecule has 1 fully saturated rings. The van der Waals surface area contributed by atoms with Gasteiger partial charge in [0.1, 0.15) is 5.82 Å². The van der Waals surface area contributed by atoms with Crippen molar-refractivity contribution in [1.29, 1.82) is 0 Å². The summed E-state index contributed by atoms with van der Waals surface area (Å²) >= 11 is 4.13. The van der Waals surface area contributed by atoms with Crippen LogP contribution in [-0.4, -0.2) is 37.1 Å². The van der Waals surface area contributed by atoms with Gasteiger partial charge in [-0.15, -0.1) is 0 Å². The first-order chi connectivity index (χ1) is 9.65. The molecule has 4 nitrogen and oxygen atoms in total. The number of aryl methyl sites for hydroxylation is 1. The highest BCUT2D eigenvalue weighted by molar-refractivity contribution is 8.07. The molecular weight excluding hydrogens is 288 g/mol. The maximum Gasteiger partial charge on any atom is 0.110 e. The van der Waals surface area contributed by atoms with E-state index < -0.39 is 0 Å². The number of rotatable bonds is 6. The van der Waals surface area contributed by atoms with Gasteiger partial charge in [-0.3, -0.25) is 11.3 Å². The maximum absolute atomic E-state index is 5.81. The molecule has 4 unspecified atom stereocenters. The zero-order valence-electron chi connectivity index (χ0n) is 12.6. The Kier molecular flexibility index (Phi) is 6.26. The molecule has 0 bridgehead atoms. The van der Waals surface area contributed by atoms with Gasteiger partial charge in [0, 0.05) is 52.9 Å². The van der Waals surface area contributed by atoms with Crippen molar-refractivity contribution in [2.24, 2.45) is 5.84 Å². The van der Waals surface area contributed by atoms with Crippen LogP contribution in [-0.2, 0) is 13.0 Å². The van der Waals surface area contributed by atoms with Gasteiger partial charge in [-0.05, 0) is 6.42 Å². The van der Waals surface area contributed by atoms with Crippen molar-refractivity contribution >= 4 is 23.5 Å². The summed E-state index contributed by atoms with van der Waals surface area (Å²) in [6, 6.07) is 0.292. The quantitative estimate of drug-likeness (QED) is 0.623. The zero-order chi connectivity index (χ0) is 14.5. The Morgan fingerprint density at radius 2 is 2.30 bits per heavy atom. The third-order valence-corrected chi connectivity index (χ3v) is 7.46. The van der Waals surface area contributed by atoms with Crippen molar-refractivity contribution in [3.05, 3.63) is 18.2 Å². The largest absolute Gasteiger partial charge is 0.335 e. The first-order valence-corrected chi connectivity index (χ1v) is 9.38. The molecule has 0 amide bonds. The summed E-state index contributed by atoms with van der Waals surface area (Å²) < 4.78 is 2.25. The Labute approximate surface area is 130 Å². The topological polar surface area (TPSA) is 55.9 Å². The number of nitrogens with zero attached hydrogens (tertiary/aromatic N) is 2. The van der Waals surface area contributed by atoms with Gasteiger partial charge < -0.3 is 4.57 Å². The van der Waals surface area contributed by atoms with Gasteiger partial charge in [-0.1, -0.05) is 20.8 Å². The average Bonchev–Trinajstić information content (AvgIpc) is 2.87. The molecule has 0 saturated carbocycles. The lowest BCUT2D eigenvalue weighted by molar-refractivity contribution is 0.494. The standard InChI is InChI=1S/C14H26N4S2/c1-4-6-18-7-5-16-14(18)8-12(17-15)13-9-19-10(2)11(3)20-13/h5,7,10-13,17H,4,6,8-9,15H2,1-3H3. The molecule has 3 N–H and O–H groups in total. The molecule has 1 aliphatic rings. The molecule has 1 aromatic rings. The number of thioether (sulfide) groups is 2. The van der Waals surface area contributed by atoms with Crippen LogP contribution in [0, 0.1) is 0 Å². The van der Waals surface area contributed by atoms with Crippen LogP contribution in [0.25, 0.3) is 0 Å². The molecule has 20 heavy (non-hydrogen) atoms. The van der Waals surface area contributed by atoms with Gasteiger partial charge in [0.25, 0.3) is 0 Å². The SMILES string of the molecule is CCCn1ccnc1CC(NN)C1CSC(C)C(C)S1. The normalized spacial score (nSPS) is 28.5. The van der Waals surface area contributed by atoms with E-state index in [9.17, 15) is 0 Å². The minimum absolute atomic E-state index is 0.292. The number of hydrogen-bond donors (Lipinski definition) is 2.